The highest BCUT2D eigenvalue weighted by Crippen LogP contribution is 2.20. The number of sulfonamides is 1. The van der Waals surface area contributed by atoms with Crippen molar-refractivity contribution in [1.82, 2.24) is 4.31 Å². The first kappa shape index (κ1) is 16.5. The lowest BCUT2D eigenvalue weighted by atomic mass is 9.99. The molecule has 0 atom stereocenters. The van der Waals surface area contributed by atoms with E-state index in [0.717, 1.165) is 19.4 Å². The molecule has 1 saturated heterocycles. The van der Waals surface area contributed by atoms with E-state index in [0.29, 0.717) is 32.0 Å². The van der Waals surface area contributed by atoms with E-state index < -0.39 is 10.0 Å². The lowest BCUT2D eigenvalue weighted by Crippen LogP contribution is -2.40. The van der Waals surface area contributed by atoms with Gasteiger partial charge in [0, 0.05) is 19.7 Å². The third-order valence-corrected chi connectivity index (χ3v) is 5.97. The Morgan fingerprint density at radius 1 is 1.19 bits per heavy atom. The molecule has 0 amide bonds. The molecule has 0 radical (unpaired) electrons. The number of benzene rings is 1. The summed E-state index contributed by atoms with van der Waals surface area (Å²) < 4.78 is 31.4. The summed E-state index contributed by atoms with van der Waals surface area (Å²) in [6.07, 6.45) is 2.48. The predicted molar refractivity (Wildman–Crippen MR) is 84.5 cm³/mol. The quantitative estimate of drug-likeness (QED) is 0.778. The second-order valence-corrected chi connectivity index (χ2v) is 7.75. The maximum absolute atomic E-state index is 12.0. The van der Waals surface area contributed by atoms with Gasteiger partial charge in [0.1, 0.15) is 0 Å². The van der Waals surface area contributed by atoms with Crippen molar-refractivity contribution in [3.63, 3.8) is 0 Å². The number of nitrogens with zero attached hydrogens (tertiary/aromatic N) is 1. The van der Waals surface area contributed by atoms with Gasteiger partial charge in [-0.15, -0.1) is 0 Å². The Morgan fingerprint density at radius 3 is 2.48 bits per heavy atom. The van der Waals surface area contributed by atoms with Crippen molar-refractivity contribution in [2.45, 2.75) is 32.8 Å². The molecule has 1 aromatic carbocycles. The van der Waals surface area contributed by atoms with Crippen LogP contribution in [0.3, 0.4) is 0 Å². The second-order valence-electron chi connectivity index (χ2n) is 5.66. The van der Waals surface area contributed by atoms with E-state index >= 15 is 0 Å². The van der Waals surface area contributed by atoms with Crippen molar-refractivity contribution < 1.29 is 13.2 Å². The third-order valence-electron chi connectivity index (χ3n) is 3.89. The van der Waals surface area contributed by atoms with Crippen LogP contribution in [0.2, 0.25) is 0 Å². The molecule has 0 aromatic heterocycles. The summed E-state index contributed by atoms with van der Waals surface area (Å²) in [5.41, 5.74) is 1.18. The van der Waals surface area contributed by atoms with Crippen molar-refractivity contribution in [1.29, 1.82) is 0 Å². The summed E-state index contributed by atoms with van der Waals surface area (Å²) in [6, 6.07) is 10.1. The fourth-order valence-electron chi connectivity index (χ4n) is 2.66. The zero-order chi connectivity index (χ0) is 15.1. The van der Waals surface area contributed by atoms with Gasteiger partial charge in [0.05, 0.1) is 12.4 Å². The SMILES string of the molecule is CCCS(=O)(=O)N1CCC(COCc2ccccc2)CC1. The number of ether oxygens (including phenoxy) is 1. The Labute approximate surface area is 128 Å². The summed E-state index contributed by atoms with van der Waals surface area (Å²) in [5.74, 6) is 0.740. The molecule has 118 valence electrons. The molecule has 0 unspecified atom stereocenters. The second kappa shape index (κ2) is 7.92. The van der Waals surface area contributed by atoms with Gasteiger partial charge in [-0.3, -0.25) is 0 Å². The molecule has 0 bridgehead atoms. The maximum Gasteiger partial charge on any atom is 0.214 e. The molecule has 1 fully saturated rings. The summed E-state index contributed by atoms with van der Waals surface area (Å²) in [4.78, 5) is 0. The number of piperidine rings is 1. The van der Waals surface area contributed by atoms with E-state index in [-0.39, 0.29) is 5.75 Å². The highest BCUT2D eigenvalue weighted by atomic mass is 32.2. The highest BCUT2D eigenvalue weighted by Gasteiger charge is 2.27. The molecule has 1 aromatic rings. The number of hydrogen-bond donors (Lipinski definition) is 0. The van der Waals surface area contributed by atoms with Gasteiger partial charge in [-0.1, -0.05) is 37.3 Å². The third kappa shape index (κ3) is 5.09. The van der Waals surface area contributed by atoms with Crippen LogP contribution in [0.15, 0.2) is 30.3 Å². The van der Waals surface area contributed by atoms with Crippen LogP contribution in [0, 0.1) is 5.92 Å². The van der Waals surface area contributed by atoms with Crippen LogP contribution in [0.4, 0.5) is 0 Å². The number of rotatable bonds is 7. The predicted octanol–water partition coefficient (Wildman–Crippen LogP) is 2.66. The average molecular weight is 311 g/mol. The minimum absolute atomic E-state index is 0.266. The molecule has 0 spiro atoms. The molecular weight excluding hydrogens is 286 g/mol. The van der Waals surface area contributed by atoms with Crippen molar-refractivity contribution in [2.24, 2.45) is 5.92 Å². The van der Waals surface area contributed by atoms with Gasteiger partial charge < -0.3 is 4.74 Å². The van der Waals surface area contributed by atoms with Crippen LogP contribution in [0.5, 0.6) is 0 Å². The topological polar surface area (TPSA) is 46.6 Å². The monoisotopic (exact) mass is 311 g/mol. The van der Waals surface area contributed by atoms with Crippen LogP contribution < -0.4 is 0 Å². The normalized spacial score (nSPS) is 18.0. The van der Waals surface area contributed by atoms with Gasteiger partial charge in [0.15, 0.2) is 0 Å². The molecule has 0 N–H and O–H groups in total. The largest absolute Gasteiger partial charge is 0.376 e. The molecular formula is C16H25NO3S. The summed E-state index contributed by atoms with van der Waals surface area (Å²) in [6.45, 7) is 4.54. The van der Waals surface area contributed by atoms with Crippen molar-refractivity contribution in [3.05, 3.63) is 35.9 Å². The van der Waals surface area contributed by atoms with Crippen molar-refractivity contribution in [2.75, 3.05) is 25.4 Å². The van der Waals surface area contributed by atoms with Crippen molar-refractivity contribution >= 4 is 10.0 Å². The first-order valence-electron chi connectivity index (χ1n) is 7.71. The Balaban J connectivity index is 1.70. The summed E-state index contributed by atoms with van der Waals surface area (Å²) in [7, 11) is -3.03. The Kier molecular flexibility index (Phi) is 6.21. The van der Waals surface area contributed by atoms with Gasteiger partial charge in [0.25, 0.3) is 0 Å². The van der Waals surface area contributed by atoms with Crippen LogP contribution in [0.1, 0.15) is 31.7 Å². The molecule has 2 rings (SSSR count). The summed E-state index contributed by atoms with van der Waals surface area (Å²) >= 11 is 0. The van der Waals surface area contributed by atoms with Crippen LogP contribution in [-0.4, -0.2) is 38.2 Å². The maximum atomic E-state index is 12.0. The minimum Gasteiger partial charge on any atom is -0.376 e. The van der Waals surface area contributed by atoms with E-state index in [1.54, 1.807) is 4.31 Å². The summed E-state index contributed by atoms with van der Waals surface area (Å²) in [5, 5.41) is 0. The lowest BCUT2D eigenvalue weighted by molar-refractivity contribution is 0.0688. The average Bonchev–Trinajstić information content (AvgIpc) is 2.49. The molecule has 5 heteroatoms. The van der Waals surface area contributed by atoms with Gasteiger partial charge >= 0.3 is 0 Å². The van der Waals surface area contributed by atoms with E-state index in [1.807, 2.05) is 25.1 Å². The van der Waals surface area contributed by atoms with Crippen LogP contribution in [0.25, 0.3) is 0 Å². The van der Waals surface area contributed by atoms with Crippen LogP contribution >= 0.6 is 0 Å². The first-order chi connectivity index (χ1) is 10.1. The van der Waals surface area contributed by atoms with E-state index in [4.69, 9.17) is 4.74 Å². The van der Waals surface area contributed by atoms with E-state index in [2.05, 4.69) is 12.1 Å². The van der Waals surface area contributed by atoms with Gasteiger partial charge in [0.2, 0.25) is 10.0 Å². The van der Waals surface area contributed by atoms with Gasteiger partial charge in [-0.2, -0.15) is 0 Å². The number of hydrogen-bond acceptors (Lipinski definition) is 3. The molecule has 1 aliphatic heterocycles. The Bertz CT molecular complexity index is 508. The van der Waals surface area contributed by atoms with Crippen LogP contribution in [-0.2, 0) is 21.4 Å². The van der Waals surface area contributed by atoms with Gasteiger partial charge in [-0.05, 0) is 30.7 Å². The molecule has 0 saturated carbocycles. The zero-order valence-corrected chi connectivity index (χ0v) is 13.5. The molecule has 1 heterocycles. The fourth-order valence-corrected chi connectivity index (χ4v) is 4.20. The molecule has 21 heavy (non-hydrogen) atoms. The highest BCUT2D eigenvalue weighted by molar-refractivity contribution is 7.89. The Hall–Kier alpha value is -0.910. The van der Waals surface area contributed by atoms with E-state index in [9.17, 15) is 8.42 Å². The van der Waals surface area contributed by atoms with Gasteiger partial charge in [-0.25, -0.2) is 12.7 Å². The standard InChI is InChI=1S/C16H25NO3S/c1-2-12-21(18,19)17-10-8-16(9-11-17)14-20-13-15-6-4-3-5-7-15/h3-7,16H,2,8-14H2,1H3. The fraction of sp³-hybridized carbons (Fsp3) is 0.625. The zero-order valence-electron chi connectivity index (χ0n) is 12.7. The minimum atomic E-state index is -3.03. The van der Waals surface area contributed by atoms with Crippen molar-refractivity contribution in [3.8, 4) is 0 Å². The molecule has 1 aliphatic rings. The molecule has 0 aliphatic carbocycles. The van der Waals surface area contributed by atoms with E-state index in [1.165, 1.54) is 5.56 Å². The lowest BCUT2D eigenvalue weighted by Gasteiger charge is -2.31. The smallest absolute Gasteiger partial charge is 0.214 e. The first-order valence-corrected chi connectivity index (χ1v) is 9.32. The molecule has 4 nitrogen and oxygen atoms in total. The Morgan fingerprint density at radius 2 is 1.86 bits per heavy atom.